The fourth-order valence-corrected chi connectivity index (χ4v) is 3.16. The molecule has 2 amide bonds. The van der Waals surface area contributed by atoms with Gasteiger partial charge >= 0.3 is 5.97 Å². The number of benzene rings is 1. The van der Waals surface area contributed by atoms with E-state index in [1.165, 1.54) is 0 Å². The zero-order valence-electron chi connectivity index (χ0n) is 15.0. The molecular weight excluding hydrogens is 356 g/mol. The van der Waals surface area contributed by atoms with Gasteiger partial charge in [-0.3, -0.25) is 14.4 Å². The van der Waals surface area contributed by atoms with E-state index in [0.717, 1.165) is 32.2 Å². The number of likely N-dealkylation sites (tertiary alicyclic amines) is 1. The Morgan fingerprint density at radius 2 is 1.96 bits per heavy atom. The summed E-state index contributed by atoms with van der Waals surface area (Å²) in [7, 11) is 0. The number of halogens is 1. The summed E-state index contributed by atoms with van der Waals surface area (Å²) in [6.45, 7) is 2.70. The minimum atomic E-state index is -0.500. The molecule has 0 bridgehead atoms. The first-order chi connectivity index (χ1) is 12.5. The smallest absolute Gasteiger partial charge is 0.308 e. The van der Waals surface area contributed by atoms with E-state index in [0.29, 0.717) is 10.6 Å². The summed E-state index contributed by atoms with van der Waals surface area (Å²) in [4.78, 5) is 37.7. The van der Waals surface area contributed by atoms with Crippen molar-refractivity contribution < 1.29 is 19.1 Å². The van der Waals surface area contributed by atoms with Gasteiger partial charge in [-0.05, 0) is 49.9 Å². The van der Waals surface area contributed by atoms with Crippen LogP contribution in [-0.2, 0) is 14.3 Å². The zero-order chi connectivity index (χ0) is 18.9. The molecule has 7 heteroatoms. The van der Waals surface area contributed by atoms with Crippen molar-refractivity contribution in [2.24, 2.45) is 0 Å². The van der Waals surface area contributed by atoms with Gasteiger partial charge in [-0.2, -0.15) is 0 Å². The molecule has 0 aromatic heterocycles. The first-order valence-corrected chi connectivity index (χ1v) is 9.38. The van der Waals surface area contributed by atoms with E-state index in [-0.39, 0.29) is 37.4 Å². The maximum absolute atomic E-state index is 12.2. The van der Waals surface area contributed by atoms with Gasteiger partial charge in [0.2, 0.25) is 0 Å². The third kappa shape index (κ3) is 6.02. The van der Waals surface area contributed by atoms with Crippen LogP contribution in [0, 0.1) is 0 Å². The number of nitrogens with one attached hydrogen (secondary N) is 1. The molecule has 1 aliphatic heterocycles. The minimum absolute atomic E-state index is 0.0177. The molecule has 0 spiro atoms. The number of carbonyl (C=O) groups is 3. The van der Waals surface area contributed by atoms with Crippen molar-refractivity contribution in [3.8, 4) is 0 Å². The van der Waals surface area contributed by atoms with Gasteiger partial charge in [0, 0.05) is 29.7 Å². The number of nitrogens with zero attached hydrogens (tertiary/aromatic N) is 1. The highest BCUT2D eigenvalue weighted by molar-refractivity contribution is 6.30. The Morgan fingerprint density at radius 3 is 2.65 bits per heavy atom. The van der Waals surface area contributed by atoms with Crippen LogP contribution in [0.15, 0.2) is 24.3 Å². The number of rotatable bonds is 7. The highest BCUT2D eigenvalue weighted by Crippen LogP contribution is 2.19. The average molecular weight is 381 g/mol. The molecule has 1 aromatic carbocycles. The lowest BCUT2D eigenvalue weighted by atomic mass is 10.00. The highest BCUT2D eigenvalue weighted by Gasteiger charge is 2.25. The van der Waals surface area contributed by atoms with Crippen LogP contribution in [0.25, 0.3) is 0 Å². The predicted octanol–water partition coefficient (Wildman–Crippen LogP) is 2.79. The third-order valence-electron chi connectivity index (χ3n) is 4.50. The Bertz CT molecular complexity index is 633. The number of esters is 1. The van der Waals surface area contributed by atoms with E-state index < -0.39 is 5.97 Å². The second kappa shape index (κ2) is 10.2. The summed E-state index contributed by atoms with van der Waals surface area (Å²) >= 11 is 5.77. The Morgan fingerprint density at radius 1 is 1.23 bits per heavy atom. The van der Waals surface area contributed by atoms with Crippen molar-refractivity contribution in [2.75, 3.05) is 19.7 Å². The van der Waals surface area contributed by atoms with Gasteiger partial charge in [0.15, 0.2) is 6.61 Å². The van der Waals surface area contributed by atoms with E-state index in [9.17, 15) is 14.4 Å². The van der Waals surface area contributed by atoms with Gasteiger partial charge in [0.05, 0.1) is 6.42 Å². The Labute approximate surface area is 158 Å². The molecule has 2 rings (SSSR count). The highest BCUT2D eigenvalue weighted by atomic mass is 35.5. The molecule has 0 radical (unpaired) electrons. The molecule has 6 nitrogen and oxygen atoms in total. The average Bonchev–Trinajstić information content (AvgIpc) is 2.66. The first kappa shape index (κ1) is 20.2. The molecule has 142 valence electrons. The van der Waals surface area contributed by atoms with Gasteiger partial charge < -0.3 is 15.0 Å². The topological polar surface area (TPSA) is 75.7 Å². The Kier molecular flexibility index (Phi) is 7.91. The maximum Gasteiger partial charge on any atom is 0.308 e. The number of piperidine rings is 1. The van der Waals surface area contributed by atoms with Crippen molar-refractivity contribution in [3.63, 3.8) is 0 Å². The van der Waals surface area contributed by atoms with Crippen LogP contribution in [0.2, 0.25) is 5.02 Å². The second-order valence-electron chi connectivity index (χ2n) is 6.32. The molecule has 0 aliphatic carbocycles. The van der Waals surface area contributed by atoms with Crippen LogP contribution in [0.4, 0.5) is 0 Å². The fraction of sp³-hybridized carbons (Fsp3) is 0.526. The number of hydrogen-bond donors (Lipinski definition) is 1. The molecular formula is C19H25ClN2O4. The number of hydrogen-bond acceptors (Lipinski definition) is 4. The summed E-state index contributed by atoms with van der Waals surface area (Å²) in [6, 6.07) is 6.71. The summed E-state index contributed by atoms with van der Waals surface area (Å²) < 4.78 is 5.05. The largest absolute Gasteiger partial charge is 0.456 e. The number of amides is 2. The molecule has 0 saturated carbocycles. The standard InChI is InChI=1S/C19H25ClN2O4/c1-2-16-5-3-4-12-22(16)17(23)13-26-18(24)10-11-21-19(25)14-6-8-15(20)9-7-14/h6-9,16H,2-5,10-13H2,1H3,(H,21,25)/t16-/m0/s1. The molecule has 1 aliphatic rings. The van der Waals surface area contributed by atoms with E-state index in [4.69, 9.17) is 16.3 Å². The molecule has 1 aromatic rings. The van der Waals surface area contributed by atoms with Crippen molar-refractivity contribution in [1.82, 2.24) is 10.2 Å². The van der Waals surface area contributed by atoms with Crippen molar-refractivity contribution in [1.29, 1.82) is 0 Å². The Balaban J connectivity index is 1.67. The molecule has 1 saturated heterocycles. The van der Waals surface area contributed by atoms with Crippen LogP contribution >= 0.6 is 11.6 Å². The fourth-order valence-electron chi connectivity index (χ4n) is 3.03. The van der Waals surface area contributed by atoms with Crippen LogP contribution in [0.1, 0.15) is 49.4 Å². The summed E-state index contributed by atoms with van der Waals surface area (Å²) in [6.07, 6.45) is 4.06. The monoisotopic (exact) mass is 380 g/mol. The Hall–Kier alpha value is -2.08. The van der Waals surface area contributed by atoms with E-state index in [1.807, 2.05) is 4.90 Å². The van der Waals surface area contributed by atoms with Crippen molar-refractivity contribution >= 4 is 29.4 Å². The maximum atomic E-state index is 12.2. The zero-order valence-corrected chi connectivity index (χ0v) is 15.8. The van der Waals surface area contributed by atoms with Gasteiger partial charge in [0.1, 0.15) is 0 Å². The molecule has 1 atom stereocenters. The minimum Gasteiger partial charge on any atom is -0.456 e. The molecule has 26 heavy (non-hydrogen) atoms. The lowest BCUT2D eigenvalue weighted by molar-refractivity contribution is -0.153. The summed E-state index contributed by atoms with van der Waals surface area (Å²) in [5, 5.41) is 3.19. The van der Waals surface area contributed by atoms with Crippen LogP contribution in [0.5, 0.6) is 0 Å². The van der Waals surface area contributed by atoms with Crippen LogP contribution in [0.3, 0.4) is 0 Å². The van der Waals surface area contributed by atoms with E-state index >= 15 is 0 Å². The first-order valence-electron chi connectivity index (χ1n) is 9.00. The van der Waals surface area contributed by atoms with Crippen molar-refractivity contribution in [2.45, 2.75) is 45.1 Å². The lowest BCUT2D eigenvalue weighted by Crippen LogP contribution is -2.45. The second-order valence-corrected chi connectivity index (χ2v) is 6.75. The third-order valence-corrected chi connectivity index (χ3v) is 4.75. The van der Waals surface area contributed by atoms with E-state index in [1.54, 1.807) is 24.3 Å². The SMILES string of the molecule is CC[C@H]1CCCCN1C(=O)COC(=O)CCNC(=O)c1ccc(Cl)cc1. The summed E-state index contributed by atoms with van der Waals surface area (Å²) in [5.41, 5.74) is 0.466. The number of carbonyl (C=O) groups excluding carboxylic acids is 3. The normalized spacial score (nSPS) is 16.8. The molecule has 1 fully saturated rings. The molecule has 1 heterocycles. The van der Waals surface area contributed by atoms with Crippen molar-refractivity contribution in [3.05, 3.63) is 34.9 Å². The predicted molar refractivity (Wildman–Crippen MR) is 99.0 cm³/mol. The lowest BCUT2D eigenvalue weighted by Gasteiger charge is -2.35. The molecule has 1 N–H and O–H groups in total. The van der Waals surface area contributed by atoms with Gasteiger partial charge in [-0.15, -0.1) is 0 Å². The summed E-state index contributed by atoms with van der Waals surface area (Å²) in [5.74, 6) is -0.931. The van der Waals surface area contributed by atoms with Gasteiger partial charge in [-0.1, -0.05) is 18.5 Å². The quantitative estimate of drug-likeness (QED) is 0.738. The van der Waals surface area contributed by atoms with Gasteiger partial charge in [0.25, 0.3) is 11.8 Å². The van der Waals surface area contributed by atoms with Gasteiger partial charge in [-0.25, -0.2) is 0 Å². The van der Waals surface area contributed by atoms with Crippen LogP contribution < -0.4 is 5.32 Å². The van der Waals surface area contributed by atoms with Crippen LogP contribution in [-0.4, -0.2) is 48.4 Å². The van der Waals surface area contributed by atoms with E-state index in [2.05, 4.69) is 12.2 Å². The number of ether oxygens (including phenoxy) is 1. The molecule has 0 unspecified atom stereocenters.